The average Bonchev–Trinajstić information content (AvgIpc) is 2.40. The Balaban J connectivity index is 2.30. The van der Waals surface area contributed by atoms with Crippen LogP contribution >= 0.6 is 0 Å². The molecule has 0 heterocycles. The van der Waals surface area contributed by atoms with Crippen LogP contribution in [0.5, 0.6) is 5.75 Å². The second-order valence-corrected chi connectivity index (χ2v) is 5.10. The lowest BCUT2D eigenvalue weighted by molar-refractivity contribution is 0.285. The minimum atomic E-state index is 0.321. The van der Waals surface area contributed by atoms with Crippen molar-refractivity contribution in [3.8, 4) is 5.75 Å². The van der Waals surface area contributed by atoms with E-state index in [1.807, 2.05) is 6.07 Å². The maximum absolute atomic E-state index is 5.35. The molecule has 94 valence electrons. The van der Waals surface area contributed by atoms with Crippen molar-refractivity contribution < 1.29 is 4.74 Å². The number of benzene rings is 1. The third kappa shape index (κ3) is 2.63. The van der Waals surface area contributed by atoms with Gasteiger partial charge in [0.1, 0.15) is 5.75 Å². The van der Waals surface area contributed by atoms with Crippen molar-refractivity contribution in [3.05, 3.63) is 29.8 Å². The number of likely N-dealkylation sites (N-methyl/N-ethyl adjacent to an activating group) is 1. The fraction of sp³-hybridized carbons (Fsp3) is 0.600. The van der Waals surface area contributed by atoms with Crippen molar-refractivity contribution in [2.24, 2.45) is 0 Å². The Labute approximate surface area is 104 Å². The SMILES string of the molecule is CNCC1(c2cccc(OC)c2)CCCCC1. The predicted molar refractivity (Wildman–Crippen MR) is 71.7 cm³/mol. The van der Waals surface area contributed by atoms with E-state index in [2.05, 4.69) is 30.6 Å². The first kappa shape index (κ1) is 12.4. The Morgan fingerprint density at radius 2 is 2.00 bits per heavy atom. The summed E-state index contributed by atoms with van der Waals surface area (Å²) in [5, 5.41) is 3.37. The fourth-order valence-electron chi connectivity index (χ4n) is 3.09. The van der Waals surface area contributed by atoms with Crippen molar-refractivity contribution in [1.82, 2.24) is 5.32 Å². The molecule has 0 unspecified atom stereocenters. The van der Waals surface area contributed by atoms with E-state index >= 15 is 0 Å². The van der Waals surface area contributed by atoms with Gasteiger partial charge in [0.2, 0.25) is 0 Å². The van der Waals surface area contributed by atoms with Crippen molar-refractivity contribution in [3.63, 3.8) is 0 Å². The van der Waals surface area contributed by atoms with Crippen LogP contribution < -0.4 is 10.1 Å². The van der Waals surface area contributed by atoms with E-state index in [1.54, 1.807) is 7.11 Å². The van der Waals surface area contributed by atoms with Gasteiger partial charge in [0.05, 0.1) is 7.11 Å². The standard InChI is InChI=1S/C15H23NO/c1-16-12-15(9-4-3-5-10-15)13-7-6-8-14(11-13)17-2/h6-8,11,16H,3-5,9-10,12H2,1-2H3. The van der Waals surface area contributed by atoms with Crippen molar-refractivity contribution in [1.29, 1.82) is 0 Å². The van der Waals surface area contributed by atoms with Gasteiger partial charge in [-0.05, 0) is 37.6 Å². The van der Waals surface area contributed by atoms with Crippen LogP contribution in [0.2, 0.25) is 0 Å². The summed E-state index contributed by atoms with van der Waals surface area (Å²) in [4.78, 5) is 0. The van der Waals surface area contributed by atoms with Crippen LogP contribution in [0.4, 0.5) is 0 Å². The largest absolute Gasteiger partial charge is 0.497 e. The summed E-state index contributed by atoms with van der Waals surface area (Å²) in [5.41, 5.74) is 1.76. The van der Waals surface area contributed by atoms with Crippen LogP contribution in [0.1, 0.15) is 37.7 Å². The lowest BCUT2D eigenvalue weighted by atomic mass is 9.69. The molecule has 1 aromatic rings. The molecule has 0 amide bonds. The minimum absolute atomic E-state index is 0.321. The van der Waals surface area contributed by atoms with E-state index in [1.165, 1.54) is 37.7 Å². The summed E-state index contributed by atoms with van der Waals surface area (Å²) in [6.45, 7) is 1.07. The molecule has 0 radical (unpaired) electrons. The van der Waals surface area contributed by atoms with Gasteiger partial charge < -0.3 is 10.1 Å². The van der Waals surface area contributed by atoms with E-state index in [-0.39, 0.29) is 0 Å². The van der Waals surface area contributed by atoms with Gasteiger partial charge in [-0.1, -0.05) is 31.4 Å². The van der Waals surface area contributed by atoms with Crippen LogP contribution in [-0.2, 0) is 5.41 Å². The van der Waals surface area contributed by atoms with Gasteiger partial charge >= 0.3 is 0 Å². The predicted octanol–water partition coefficient (Wildman–Crippen LogP) is 3.12. The van der Waals surface area contributed by atoms with Gasteiger partial charge in [0.25, 0.3) is 0 Å². The zero-order valence-electron chi connectivity index (χ0n) is 11.0. The summed E-state index contributed by atoms with van der Waals surface area (Å²) in [7, 11) is 3.79. The van der Waals surface area contributed by atoms with Gasteiger partial charge in [0, 0.05) is 12.0 Å². The molecule has 2 nitrogen and oxygen atoms in total. The molecule has 1 aliphatic rings. The molecular weight excluding hydrogens is 210 g/mol. The molecule has 2 heteroatoms. The quantitative estimate of drug-likeness (QED) is 0.862. The molecule has 0 atom stereocenters. The second kappa shape index (κ2) is 5.54. The maximum atomic E-state index is 5.35. The zero-order valence-corrected chi connectivity index (χ0v) is 11.0. The second-order valence-electron chi connectivity index (χ2n) is 5.10. The zero-order chi connectivity index (χ0) is 12.1. The van der Waals surface area contributed by atoms with Crippen LogP contribution in [0.15, 0.2) is 24.3 Å². The number of ether oxygens (including phenoxy) is 1. The summed E-state index contributed by atoms with van der Waals surface area (Å²) in [6, 6.07) is 8.60. The minimum Gasteiger partial charge on any atom is -0.497 e. The first-order valence-corrected chi connectivity index (χ1v) is 6.60. The Hall–Kier alpha value is -1.02. The lowest BCUT2D eigenvalue weighted by Crippen LogP contribution is -2.38. The summed E-state index contributed by atoms with van der Waals surface area (Å²) in [5.74, 6) is 0.976. The van der Waals surface area contributed by atoms with Gasteiger partial charge in [-0.15, -0.1) is 0 Å². The normalized spacial score (nSPS) is 18.9. The number of nitrogens with one attached hydrogen (secondary N) is 1. The van der Waals surface area contributed by atoms with Gasteiger partial charge in [-0.25, -0.2) is 0 Å². The Morgan fingerprint density at radius 1 is 1.24 bits per heavy atom. The Kier molecular flexibility index (Phi) is 4.06. The maximum Gasteiger partial charge on any atom is 0.119 e. The van der Waals surface area contributed by atoms with Gasteiger partial charge in [-0.2, -0.15) is 0 Å². The average molecular weight is 233 g/mol. The molecule has 0 spiro atoms. The number of methoxy groups -OCH3 is 1. The molecule has 17 heavy (non-hydrogen) atoms. The van der Waals surface area contributed by atoms with E-state index in [0.717, 1.165) is 12.3 Å². The van der Waals surface area contributed by atoms with Crippen LogP contribution in [0.25, 0.3) is 0 Å². The van der Waals surface area contributed by atoms with E-state index in [9.17, 15) is 0 Å². The van der Waals surface area contributed by atoms with Crippen molar-refractivity contribution in [2.45, 2.75) is 37.5 Å². The Bertz CT molecular complexity index is 350. The molecule has 1 N–H and O–H groups in total. The van der Waals surface area contributed by atoms with E-state index in [4.69, 9.17) is 4.74 Å². The summed E-state index contributed by atoms with van der Waals surface area (Å²) < 4.78 is 5.35. The molecule has 2 rings (SSSR count). The summed E-state index contributed by atoms with van der Waals surface area (Å²) in [6.07, 6.45) is 6.66. The molecular formula is C15H23NO. The van der Waals surface area contributed by atoms with Crippen molar-refractivity contribution >= 4 is 0 Å². The molecule has 1 fully saturated rings. The third-order valence-corrected chi connectivity index (χ3v) is 4.01. The monoisotopic (exact) mass is 233 g/mol. The van der Waals surface area contributed by atoms with Gasteiger partial charge in [0.15, 0.2) is 0 Å². The molecule has 1 saturated carbocycles. The lowest BCUT2D eigenvalue weighted by Gasteiger charge is -2.38. The molecule has 0 aliphatic heterocycles. The summed E-state index contributed by atoms with van der Waals surface area (Å²) >= 11 is 0. The van der Waals surface area contributed by atoms with Crippen LogP contribution in [0, 0.1) is 0 Å². The fourth-order valence-corrected chi connectivity index (χ4v) is 3.09. The number of rotatable bonds is 4. The van der Waals surface area contributed by atoms with E-state index in [0.29, 0.717) is 5.41 Å². The number of hydrogen-bond acceptors (Lipinski definition) is 2. The van der Waals surface area contributed by atoms with Gasteiger partial charge in [-0.3, -0.25) is 0 Å². The van der Waals surface area contributed by atoms with Crippen molar-refractivity contribution in [2.75, 3.05) is 20.7 Å². The van der Waals surface area contributed by atoms with Crippen LogP contribution in [-0.4, -0.2) is 20.7 Å². The first-order valence-electron chi connectivity index (χ1n) is 6.60. The number of hydrogen-bond donors (Lipinski definition) is 1. The first-order chi connectivity index (χ1) is 8.30. The topological polar surface area (TPSA) is 21.3 Å². The highest BCUT2D eigenvalue weighted by Gasteiger charge is 2.33. The highest BCUT2D eigenvalue weighted by atomic mass is 16.5. The smallest absolute Gasteiger partial charge is 0.119 e. The molecule has 0 bridgehead atoms. The molecule has 0 aromatic heterocycles. The highest BCUT2D eigenvalue weighted by Crippen LogP contribution is 2.39. The van der Waals surface area contributed by atoms with E-state index < -0.39 is 0 Å². The highest BCUT2D eigenvalue weighted by molar-refractivity contribution is 5.34. The molecule has 1 aromatic carbocycles. The van der Waals surface area contributed by atoms with Crippen LogP contribution in [0.3, 0.4) is 0 Å². The Morgan fingerprint density at radius 3 is 2.65 bits per heavy atom. The third-order valence-electron chi connectivity index (χ3n) is 4.01. The molecule has 0 saturated heterocycles. The molecule has 1 aliphatic carbocycles.